The quantitative estimate of drug-likeness (QED) is 0.254. The molecule has 0 heterocycles. The van der Waals surface area contributed by atoms with Gasteiger partial charge in [0, 0.05) is 12.5 Å². The van der Waals surface area contributed by atoms with Crippen LogP contribution in [0.15, 0.2) is 48.5 Å². The molecule has 9 nitrogen and oxygen atoms in total. The zero-order valence-electron chi connectivity index (χ0n) is 25.7. The van der Waals surface area contributed by atoms with Gasteiger partial charge in [-0.2, -0.15) is 0 Å². The van der Waals surface area contributed by atoms with Gasteiger partial charge in [0.2, 0.25) is 11.8 Å². The predicted molar refractivity (Wildman–Crippen MR) is 166 cm³/mol. The standard InChI is InChI=1S/C32H45ClN4O5/c1-20(2)16-17-22(4)37(30(40)25(18-19-26(34)38)35-31(41)42-32(5,6)7)28(23-13-9-8-10-14-23)29(39)36-27-21(3)12-11-15-24(27)33/h8-15,20,22,25,28H,16-19H2,1-7H3,(H2,34,38)(H,35,41)(H,36,39). The van der Waals surface area contributed by atoms with E-state index in [1.165, 1.54) is 4.90 Å². The number of para-hydroxylation sites is 1. The maximum absolute atomic E-state index is 14.4. The Morgan fingerprint density at radius 1 is 0.952 bits per heavy atom. The van der Waals surface area contributed by atoms with Crippen molar-refractivity contribution in [3.63, 3.8) is 0 Å². The Morgan fingerprint density at radius 3 is 2.14 bits per heavy atom. The van der Waals surface area contributed by atoms with Crippen molar-refractivity contribution in [2.24, 2.45) is 11.7 Å². The van der Waals surface area contributed by atoms with Gasteiger partial charge in [0.25, 0.3) is 5.91 Å². The van der Waals surface area contributed by atoms with E-state index in [4.69, 9.17) is 22.1 Å². The molecule has 4 amide bonds. The second-order valence-corrected chi connectivity index (χ2v) is 12.4. The van der Waals surface area contributed by atoms with Gasteiger partial charge >= 0.3 is 6.09 Å². The van der Waals surface area contributed by atoms with Gasteiger partial charge in [-0.1, -0.05) is 67.9 Å². The average Bonchev–Trinajstić information content (AvgIpc) is 2.89. The van der Waals surface area contributed by atoms with E-state index in [2.05, 4.69) is 24.5 Å². The molecule has 42 heavy (non-hydrogen) atoms. The summed E-state index contributed by atoms with van der Waals surface area (Å²) in [5, 5.41) is 5.94. The van der Waals surface area contributed by atoms with Crippen LogP contribution in [0.25, 0.3) is 0 Å². The van der Waals surface area contributed by atoms with E-state index >= 15 is 0 Å². The number of amides is 4. The Kier molecular flexibility index (Phi) is 12.8. The Morgan fingerprint density at radius 2 is 1.60 bits per heavy atom. The first-order valence-electron chi connectivity index (χ1n) is 14.3. The number of alkyl carbamates (subject to hydrolysis) is 1. The van der Waals surface area contributed by atoms with Crippen LogP contribution in [0, 0.1) is 12.8 Å². The first kappa shape index (κ1) is 34.6. The van der Waals surface area contributed by atoms with Crippen LogP contribution >= 0.6 is 11.6 Å². The predicted octanol–water partition coefficient (Wildman–Crippen LogP) is 6.14. The van der Waals surface area contributed by atoms with Crippen LogP contribution in [0.3, 0.4) is 0 Å². The molecule has 2 aromatic carbocycles. The normalized spacial score (nSPS) is 13.5. The third kappa shape index (κ3) is 10.7. The van der Waals surface area contributed by atoms with E-state index in [0.717, 1.165) is 12.0 Å². The number of nitrogens with one attached hydrogen (secondary N) is 2. The zero-order valence-corrected chi connectivity index (χ0v) is 26.5. The van der Waals surface area contributed by atoms with Gasteiger partial charge in [0.15, 0.2) is 0 Å². The lowest BCUT2D eigenvalue weighted by Gasteiger charge is -2.39. The summed E-state index contributed by atoms with van der Waals surface area (Å²) >= 11 is 6.44. The molecule has 3 atom stereocenters. The summed E-state index contributed by atoms with van der Waals surface area (Å²) in [6.45, 7) is 13.0. The Hall–Kier alpha value is -3.59. The number of primary amides is 1. The number of benzene rings is 2. The van der Waals surface area contributed by atoms with Crippen LogP contribution in [-0.2, 0) is 19.1 Å². The van der Waals surface area contributed by atoms with Crippen molar-refractivity contribution in [3.8, 4) is 0 Å². The molecule has 0 radical (unpaired) electrons. The Bertz CT molecular complexity index is 1210. The topological polar surface area (TPSA) is 131 Å². The van der Waals surface area contributed by atoms with Crippen molar-refractivity contribution in [1.29, 1.82) is 0 Å². The summed E-state index contributed by atoms with van der Waals surface area (Å²) in [7, 11) is 0. The minimum absolute atomic E-state index is 0.0619. The monoisotopic (exact) mass is 600 g/mol. The maximum atomic E-state index is 14.4. The van der Waals surface area contributed by atoms with Crippen LogP contribution in [0.2, 0.25) is 5.02 Å². The van der Waals surface area contributed by atoms with Crippen molar-refractivity contribution >= 4 is 41.1 Å². The van der Waals surface area contributed by atoms with Crippen LogP contribution < -0.4 is 16.4 Å². The number of nitrogens with two attached hydrogens (primary N) is 1. The zero-order chi connectivity index (χ0) is 31.6. The van der Waals surface area contributed by atoms with E-state index in [0.29, 0.717) is 28.6 Å². The Labute approximate surface area is 254 Å². The molecule has 0 aliphatic rings. The van der Waals surface area contributed by atoms with Crippen molar-refractivity contribution in [2.75, 3.05) is 5.32 Å². The summed E-state index contributed by atoms with van der Waals surface area (Å²) in [6, 6.07) is 11.6. The summed E-state index contributed by atoms with van der Waals surface area (Å²) in [5.74, 6) is -1.26. The fourth-order valence-corrected chi connectivity index (χ4v) is 4.81. The number of hydrogen-bond donors (Lipinski definition) is 3. The number of carbonyl (C=O) groups excluding carboxylic acids is 4. The molecule has 0 fully saturated rings. The van der Waals surface area contributed by atoms with Gasteiger partial charge in [-0.25, -0.2) is 4.79 Å². The highest BCUT2D eigenvalue weighted by atomic mass is 35.5. The van der Waals surface area contributed by atoms with Gasteiger partial charge in [0.1, 0.15) is 17.7 Å². The first-order valence-corrected chi connectivity index (χ1v) is 14.7. The minimum atomic E-state index is -1.17. The number of aryl methyl sites for hydroxylation is 1. The molecule has 0 spiro atoms. The van der Waals surface area contributed by atoms with Crippen molar-refractivity contribution in [2.45, 2.75) is 97.9 Å². The molecule has 2 rings (SSSR count). The molecule has 10 heteroatoms. The third-order valence-electron chi connectivity index (χ3n) is 6.67. The number of halogens is 1. The number of rotatable bonds is 13. The lowest BCUT2D eigenvalue weighted by Crippen LogP contribution is -2.55. The van der Waals surface area contributed by atoms with Crippen LogP contribution in [0.5, 0.6) is 0 Å². The third-order valence-corrected chi connectivity index (χ3v) is 6.99. The lowest BCUT2D eigenvalue weighted by atomic mass is 9.96. The number of carbonyl (C=O) groups is 4. The number of hydrogen-bond acceptors (Lipinski definition) is 5. The van der Waals surface area contributed by atoms with Gasteiger partial charge in [-0.3, -0.25) is 14.4 Å². The molecule has 230 valence electrons. The fourth-order valence-electron chi connectivity index (χ4n) is 4.54. The molecule has 0 aliphatic heterocycles. The summed E-state index contributed by atoms with van der Waals surface area (Å²) < 4.78 is 5.41. The highest BCUT2D eigenvalue weighted by molar-refractivity contribution is 6.34. The Balaban J connectivity index is 2.63. The summed E-state index contributed by atoms with van der Waals surface area (Å²) in [4.78, 5) is 54.6. The van der Waals surface area contributed by atoms with Gasteiger partial charge in [0.05, 0.1) is 10.7 Å². The maximum Gasteiger partial charge on any atom is 0.408 e. The summed E-state index contributed by atoms with van der Waals surface area (Å²) in [6.07, 6.45) is 0.366. The molecular formula is C32H45ClN4O5. The number of nitrogens with zero attached hydrogens (tertiary/aromatic N) is 1. The molecule has 0 saturated heterocycles. The molecule has 4 N–H and O–H groups in total. The fraction of sp³-hybridized carbons (Fsp3) is 0.500. The molecule has 2 aromatic rings. The van der Waals surface area contributed by atoms with Crippen molar-refractivity contribution in [1.82, 2.24) is 10.2 Å². The smallest absolute Gasteiger partial charge is 0.408 e. The van der Waals surface area contributed by atoms with Crippen LogP contribution in [0.4, 0.5) is 10.5 Å². The van der Waals surface area contributed by atoms with Crippen molar-refractivity contribution in [3.05, 3.63) is 64.7 Å². The SMILES string of the molecule is Cc1cccc(Cl)c1NC(=O)C(c1ccccc1)N(C(=O)C(CCC(N)=O)NC(=O)OC(C)(C)C)C(C)CCC(C)C. The minimum Gasteiger partial charge on any atom is -0.444 e. The van der Waals surface area contributed by atoms with Gasteiger partial charge in [-0.15, -0.1) is 0 Å². The first-order chi connectivity index (χ1) is 19.6. The molecule has 0 aromatic heterocycles. The van der Waals surface area contributed by atoms with E-state index < -0.39 is 47.5 Å². The molecule has 0 bridgehead atoms. The average molecular weight is 601 g/mol. The summed E-state index contributed by atoms with van der Waals surface area (Å²) in [5.41, 5.74) is 6.40. The van der Waals surface area contributed by atoms with Crippen LogP contribution in [0.1, 0.15) is 84.4 Å². The highest BCUT2D eigenvalue weighted by Gasteiger charge is 2.39. The second kappa shape index (κ2) is 15.6. The molecular weight excluding hydrogens is 556 g/mol. The van der Waals surface area contributed by atoms with Crippen LogP contribution in [-0.4, -0.2) is 46.4 Å². The van der Waals surface area contributed by atoms with Gasteiger partial charge in [-0.05, 0) is 77.0 Å². The molecule has 0 aliphatic carbocycles. The lowest BCUT2D eigenvalue weighted by molar-refractivity contribution is -0.143. The molecule has 3 unspecified atom stereocenters. The van der Waals surface area contributed by atoms with E-state index in [1.807, 2.05) is 26.0 Å². The van der Waals surface area contributed by atoms with Gasteiger partial charge < -0.3 is 26.0 Å². The highest BCUT2D eigenvalue weighted by Crippen LogP contribution is 2.31. The van der Waals surface area contributed by atoms with E-state index in [9.17, 15) is 19.2 Å². The largest absolute Gasteiger partial charge is 0.444 e. The second-order valence-electron chi connectivity index (χ2n) is 12.0. The number of ether oxygens (including phenoxy) is 1. The van der Waals surface area contributed by atoms with E-state index in [1.54, 1.807) is 57.2 Å². The van der Waals surface area contributed by atoms with E-state index in [-0.39, 0.29) is 12.8 Å². The number of anilines is 1. The molecule has 0 saturated carbocycles. The van der Waals surface area contributed by atoms with Crippen molar-refractivity contribution < 1.29 is 23.9 Å².